The van der Waals surface area contributed by atoms with Gasteiger partial charge in [-0.3, -0.25) is 9.59 Å². The maximum Gasteiger partial charge on any atom is 0.305 e. The second-order valence-corrected chi connectivity index (χ2v) is 5.21. The van der Waals surface area contributed by atoms with Crippen LogP contribution in [0.4, 0.5) is 4.39 Å². The zero-order valence-corrected chi connectivity index (χ0v) is 11.7. The van der Waals surface area contributed by atoms with Gasteiger partial charge in [-0.1, -0.05) is 19.1 Å². The standard InChI is InChI=1S/C15H20FNO3/c1-10(6-12-4-3-5-13(16)9-12)7-14(18)17-11(2)8-15(19)20/h3-5,9-11H,6-8H2,1-2H3,(H,17,18)(H,19,20). The lowest BCUT2D eigenvalue weighted by Crippen LogP contribution is -2.35. The quantitative estimate of drug-likeness (QED) is 0.806. The van der Waals surface area contributed by atoms with Crippen LogP contribution in [0.1, 0.15) is 32.3 Å². The van der Waals surface area contributed by atoms with Crippen LogP contribution in [0.3, 0.4) is 0 Å². The molecule has 1 aromatic rings. The van der Waals surface area contributed by atoms with E-state index in [1.54, 1.807) is 13.0 Å². The van der Waals surface area contributed by atoms with Gasteiger partial charge in [0.25, 0.3) is 0 Å². The molecule has 1 amide bonds. The molecule has 2 atom stereocenters. The number of nitrogens with one attached hydrogen (secondary N) is 1. The number of halogens is 1. The van der Waals surface area contributed by atoms with Gasteiger partial charge in [0, 0.05) is 12.5 Å². The summed E-state index contributed by atoms with van der Waals surface area (Å²) in [6.07, 6.45) is 0.809. The van der Waals surface area contributed by atoms with E-state index < -0.39 is 5.97 Å². The van der Waals surface area contributed by atoms with Gasteiger partial charge in [-0.15, -0.1) is 0 Å². The summed E-state index contributed by atoms with van der Waals surface area (Å²) in [7, 11) is 0. The minimum atomic E-state index is -0.939. The Morgan fingerprint density at radius 2 is 2.00 bits per heavy atom. The van der Waals surface area contributed by atoms with E-state index in [9.17, 15) is 14.0 Å². The molecule has 0 radical (unpaired) electrons. The lowest BCUT2D eigenvalue weighted by atomic mass is 9.97. The molecule has 0 saturated carbocycles. The molecule has 5 heteroatoms. The van der Waals surface area contributed by atoms with Crippen LogP contribution < -0.4 is 5.32 Å². The number of carbonyl (C=O) groups excluding carboxylic acids is 1. The molecule has 1 rings (SSSR count). The van der Waals surface area contributed by atoms with E-state index in [2.05, 4.69) is 5.32 Å². The van der Waals surface area contributed by atoms with Crippen molar-refractivity contribution in [1.82, 2.24) is 5.32 Å². The maximum atomic E-state index is 13.0. The number of carboxylic acids is 1. The summed E-state index contributed by atoms with van der Waals surface area (Å²) < 4.78 is 13.0. The number of aliphatic carboxylic acids is 1. The molecule has 0 fully saturated rings. The van der Waals surface area contributed by atoms with Crippen molar-refractivity contribution in [3.8, 4) is 0 Å². The van der Waals surface area contributed by atoms with Crippen molar-refractivity contribution < 1.29 is 19.1 Å². The van der Waals surface area contributed by atoms with E-state index in [0.29, 0.717) is 12.8 Å². The molecule has 1 aromatic carbocycles. The van der Waals surface area contributed by atoms with E-state index >= 15 is 0 Å². The summed E-state index contributed by atoms with van der Waals surface area (Å²) in [6.45, 7) is 3.57. The molecule has 0 aliphatic heterocycles. The third-order valence-corrected chi connectivity index (χ3v) is 2.90. The van der Waals surface area contributed by atoms with Gasteiger partial charge in [0.05, 0.1) is 6.42 Å². The average molecular weight is 281 g/mol. The predicted molar refractivity (Wildman–Crippen MR) is 73.7 cm³/mol. The van der Waals surface area contributed by atoms with Crippen molar-refractivity contribution in [3.63, 3.8) is 0 Å². The van der Waals surface area contributed by atoms with Crippen molar-refractivity contribution in [2.24, 2.45) is 5.92 Å². The molecule has 0 aliphatic rings. The second-order valence-electron chi connectivity index (χ2n) is 5.21. The molecule has 2 N–H and O–H groups in total. The minimum absolute atomic E-state index is 0.0637. The van der Waals surface area contributed by atoms with Crippen LogP contribution in [0.25, 0.3) is 0 Å². The highest BCUT2D eigenvalue weighted by molar-refractivity contribution is 5.77. The van der Waals surface area contributed by atoms with Gasteiger partial charge < -0.3 is 10.4 Å². The third kappa shape index (κ3) is 6.31. The molecule has 20 heavy (non-hydrogen) atoms. The number of hydrogen-bond donors (Lipinski definition) is 2. The van der Waals surface area contributed by atoms with Gasteiger partial charge in [-0.25, -0.2) is 4.39 Å². The monoisotopic (exact) mass is 281 g/mol. The molecule has 0 aromatic heterocycles. The van der Waals surface area contributed by atoms with Gasteiger partial charge in [-0.2, -0.15) is 0 Å². The van der Waals surface area contributed by atoms with Crippen molar-refractivity contribution in [2.75, 3.05) is 0 Å². The molecular formula is C15H20FNO3. The zero-order valence-electron chi connectivity index (χ0n) is 11.7. The number of benzene rings is 1. The highest BCUT2D eigenvalue weighted by atomic mass is 19.1. The number of amides is 1. The van der Waals surface area contributed by atoms with E-state index in [1.165, 1.54) is 12.1 Å². The summed E-state index contributed by atoms with van der Waals surface area (Å²) in [4.78, 5) is 22.2. The predicted octanol–water partition coefficient (Wildman–Crippen LogP) is 2.37. The Morgan fingerprint density at radius 1 is 1.30 bits per heavy atom. The van der Waals surface area contributed by atoms with Gasteiger partial charge in [0.1, 0.15) is 5.82 Å². The molecule has 0 heterocycles. The SMILES string of the molecule is CC(CC(=O)NC(C)CC(=O)O)Cc1cccc(F)c1. The normalized spacial score (nSPS) is 13.6. The fraction of sp³-hybridized carbons (Fsp3) is 0.467. The summed E-state index contributed by atoms with van der Waals surface area (Å²) in [6, 6.07) is 5.92. The zero-order chi connectivity index (χ0) is 15.1. The summed E-state index contributed by atoms with van der Waals surface area (Å²) in [5, 5.41) is 11.3. The Labute approximate surface area is 118 Å². The molecule has 0 bridgehead atoms. The van der Waals surface area contributed by atoms with Crippen LogP contribution in [0.5, 0.6) is 0 Å². The number of hydrogen-bond acceptors (Lipinski definition) is 2. The topological polar surface area (TPSA) is 66.4 Å². The van der Waals surface area contributed by atoms with E-state index in [1.807, 2.05) is 13.0 Å². The van der Waals surface area contributed by atoms with Gasteiger partial charge in [0.15, 0.2) is 0 Å². The van der Waals surface area contributed by atoms with Crippen molar-refractivity contribution in [1.29, 1.82) is 0 Å². The molecule has 110 valence electrons. The fourth-order valence-electron chi connectivity index (χ4n) is 2.10. The molecule has 0 aliphatic carbocycles. The van der Waals surface area contributed by atoms with Crippen molar-refractivity contribution >= 4 is 11.9 Å². The average Bonchev–Trinajstić information content (AvgIpc) is 2.26. The van der Waals surface area contributed by atoms with Crippen LogP contribution in [0.15, 0.2) is 24.3 Å². The Morgan fingerprint density at radius 3 is 2.60 bits per heavy atom. The van der Waals surface area contributed by atoms with Crippen LogP contribution >= 0.6 is 0 Å². The fourth-order valence-corrected chi connectivity index (χ4v) is 2.10. The van der Waals surface area contributed by atoms with E-state index in [4.69, 9.17) is 5.11 Å². The first-order valence-electron chi connectivity index (χ1n) is 6.62. The molecular weight excluding hydrogens is 261 g/mol. The van der Waals surface area contributed by atoms with E-state index in [-0.39, 0.29) is 30.1 Å². The van der Waals surface area contributed by atoms with Crippen LogP contribution in [-0.2, 0) is 16.0 Å². The van der Waals surface area contributed by atoms with Crippen LogP contribution in [-0.4, -0.2) is 23.0 Å². The van der Waals surface area contributed by atoms with Crippen LogP contribution in [0.2, 0.25) is 0 Å². The van der Waals surface area contributed by atoms with Crippen molar-refractivity contribution in [3.05, 3.63) is 35.6 Å². The summed E-state index contributed by atoms with van der Waals surface area (Å²) in [5.74, 6) is -1.34. The Balaban J connectivity index is 2.40. The first kappa shape index (κ1) is 16.1. The minimum Gasteiger partial charge on any atom is -0.481 e. The number of carbonyl (C=O) groups is 2. The maximum absolute atomic E-state index is 13.0. The Kier molecular flexibility index (Phi) is 6.15. The lowest BCUT2D eigenvalue weighted by Gasteiger charge is -2.15. The Hall–Kier alpha value is -1.91. The number of carboxylic acid groups (broad SMARTS) is 1. The summed E-state index contributed by atoms with van der Waals surface area (Å²) in [5.41, 5.74) is 0.851. The summed E-state index contributed by atoms with van der Waals surface area (Å²) >= 11 is 0. The van der Waals surface area contributed by atoms with Gasteiger partial charge >= 0.3 is 5.97 Å². The first-order chi connectivity index (χ1) is 9.36. The third-order valence-electron chi connectivity index (χ3n) is 2.90. The molecule has 0 saturated heterocycles. The Bertz CT molecular complexity index is 476. The first-order valence-corrected chi connectivity index (χ1v) is 6.62. The van der Waals surface area contributed by atoms with Gasteiger partial charge in [0.2, 0.25) is 5.91 Å². The van der Waals surface area contributed by atoms with E-state index in [0.717, 1.165) is 5.56 Å². The second kappa shape index (κ2) is 7.62. The molecule has 2 unspecified atom stereocenters. The highest BCUT2D eigenvalue weighted by Gasteiger charge is 2.14. The van der Waals surface area contributed by atoms with Crippen molar-refractivity contribution in [2.45, 2.75) is 39.2 Å². The molecule has 4 nitrogen and oxygen atoms in total. The highest BCUT2D eigenvalue weighted by Crippen LogP contribution is 2.13. The number of rotatable bonds is 7. The van der Waals surface area contributed by atoms with Gasteiger partial charge in [-0.05, 0) is 37.0 Å². The molecule has 0 spiro atoms. The van der Waals surface area contributed by atoms with Crippen LogP contribution in [0, 0.1) is 11.7 Å². The smallest absolute Gasteiger partial charge is 0.305 e. The lowest BCUT2D eigenvalue weighted by molar-refractivity contribution is -0.137. The largest absolute Gasteiger partial charge is 0.481 e.